The second-order valence-electron chi connectivity index (χ2n) is 4.73. The average molecular weight is 268 g/mol. The number of benzene rings is 1. The first-order chi connectivity index (χ1) is 8.44. The van der Waals surface area contributed by atoms with Crippen molar-refractivity contribution >= 4 is 23.5 Å². The van der Waals surface area contributed by atoms with Gasteiger partial charge in [-0.1, -0.05) is 17.7 Å². The van der Waals surface area contributed by atoms with E-state index in [0.29, 0.717) is 23.4 Å². The fourth-order valence-electron chi connectivity index (χ4n) is 1.80. The van der Waals surface area contributed by atoms with E-state index in [9.17, 15) is 9.59 Å². The van der Waals surface area contributed by atoms with Crippen molar-refractivity contribution in [3.05, 3.63) is 34.3 Å². The number of amides is 1. The molecule has 0 saturated heterocycles. The lowest BCUT2D eigenvalue weighted by molar-refractivity contribution is -0.143. The molecule has 1 aromatic carbocycles. The topological polar surface area (TPSA) is 66.4 Å². The average Bonchev–Trinajstić information content (AvgIpc) is 3.10. The minimum absolute atomic E-state index is 0.174. The van der Waals surface area contributed by atoms with Gasteiger partial charge in [-0.05, 0) is 37.5 Å². The molecule has 0 aliphatic heterocycles. The molecule has 1 saturated carbocycles. The van der Waals surface area contributed by atoms with Crippen LogP contribution in [-0.4, -0.2) is 23.5 Å². The normalized spacial score (nSPS) is 16.1. The second-order valence-corrected chi connectivity index (χ2v) is 5.16. The number of rotatable bonds is 4. The molecule has 0 bridgehead atoms. The monoisotopic (exact) mass is 267 g/mol. The zero-order valence-electron chi connectivity index (χ0n) is 10.00. The molecule has 2 N–H and O–H groups in total. The highest BCUT2D eigenvalue weighted by Crippen LogP contribution is 2.45. The van der Waals surface area contributed by atoms with Gasteiger partial charge in [0.05, 0.1) is 5.41 Å². The number of hydrogen-bond donors (Lipinski definition) is 2. The maximum Gasteiger partial charge on any atom is 0.311 e. The Balaban J connectivity index is 2.04. The fraction of sp³-hybridized carbons (Fsp3) is 0.385. The SMILES string of the molecule is Cc1ccc(Cl)cc1C(=O)NCC1(C(=O)O)CC1. The first-order valence-electron chi connectivity index (χ1n) is 5.72. The van der Waals surface area contributed by atoms with Crippen molar-refractivity contribution in [1.29, 1.82) is 0 Å². The summed E-state index contributed by atoms with van der Waals surface area (Å²) in [5.41, 5.74) is 0.558. The summed E-state index contributed by atoms with van der Waals surface area (Å²) >= 11 is 5.84. The smallest absolute Gasteiger partial charge is 0.311 e. The van der Waals surface area contributed by atoms with E-state index in [1.54, 1.807) is 18.2 Å². The zero-order chi connectivity index (χ0) is 13.3. The summed E-state index contributed by atoms with van der Waals surface area (Å²) in [5, 5.41) is 12.2. The van der Waals surface area contributed by atoms with Crippen molar-refractivity contribution in [2.75, 3.05) is 6.54 Å². The first-order valence-corrected chi connectivity index (χ1v) is 6.10. The number of halogens is 1. The van der Waals surface area contributed by atoms with Crippen LogP contribution in [0.15, 0.2) is 18.2 Å². The molecule has 1 aliphatic carbocycles. The number of aliphatic carboxylic acids is 1. The Morgan fingerprint density at radius 1 is 1.44 bits per heavy atom. The molecule has 1 fully saturated rings. The third kappa shape index (κ3) is 2.48. The van der Waals surface area contributed by atoms with Crippen molar-refractivity contribution in [1.82, 2.24) is 5.32 Å². The Kier molecular flexibility index (Phi) is 3.30. The van der Waals surface area contributed by atoms with Gasteiger partial charge in [-0.3, -0.25) is 9.59 Å². The third-order valence-electron chi connectivity index (χ3n) is 3.34. The van der Waals surface area contributed by atoms with Gasteiger partial charge in [0.15, 0.2) is 0 Å². The van der Waals surface area contributed by atoms with Crippen molar-refractivity contribution in [2.24, 2.45) is 5.41 Å². The highest BCUT2D eigenvalue weighted by Gasteiger charge is 2.50. The number of nitrogens with one attached hydrogen (secondary N) is 1. The van der Waals surface area contributed by atoms with Crippen LogP contribution >= 0.6 is 11.6 Å². The third-order valence-corrected chi connectivity index (χ3v) is 3.57. The van der Waals surface area contributed by atoms with Gasteiger partial charge in [0, 0.05) is 17.1 Å². The summed E-state index contributed by atoms with van der Waals surface area (Å²) in [5.74, 6) is -1.12. The molecule has 96 valence electrons. The lowest BCUT2D eigenvalue weighted by Gasteiger charge is -2.12. The van der Waals surface area contributed by atoms with Crippen LogP contribution in [0, 0.1) is 12.3 Å². The molecule has 0 aromatic heterocycles. The van der Waals surface area contributed by atoms with Gasteiger partial charge in [-0.25, -0.2) is 0 Å². The molecule has 1 aliphatic rings. The molecule has 0 atom stereocenters. The van der Waals surface area contributed by atoms with Crippen molar-refractivity contribution in [3.63, 3.8) is 0 Å². The Morgan fingerprint density at radius 3 is 2.67 bits per heavy atom. The van der Waals surface area contributed by atoms with E-state index in [-0.39, 0.29) is 12.5 Å². The molecule has 2 rings (SSSR count). The standard InChI is InChI=1S/C13H14ClNO3/c1-8-2-3-9(14)6-10(8)11(16)15-7-13(4-5-13)12(17)18/h2-3,6H,4-5,7H2,1H3,(H,15,16)(H,17,18). The summed E-state index contributed by atoms with van der Waals surface area (Å²) in [6, 6.07) is 5.07. The van der Waals surface area contributed by atoms with Gasteiger partial charge in [0.2, 0.25) is 0 Å². The Labute approximate surface area is 110 Å². The van der Waals surface area contributed by atoms with E-state index in [4.69, 9.17) is 16.7 Å². The number of hydrogen-bond acceptors (Lipinski definition) is 2. The van der Waals surface area contributed by atoms with Gasteiger partial charge < -0.3 is 10.4 Å². The summed E-state index contributed by atoms with van der Waals surface area (Å²) in [6.45, 7) is 1.99. The Hall–Kier alpha value is -1.55. The highest BCUT2D eigenvalue weighted by molar-refractivity contribution is 6.31. The molecule has 5 heteroatoms. The zero-order valence-corrected chi connectivity index (χ0v) is 10.8. The van der Waals surface area contributed by atoms with Gasteiger partial charge in [0.25, 0.3) is 5.91 Å². The number of carboxylic acids is 1. The van der Waals surface area contributed by atoms with Crippen LogP contribution in [0.2, 0.25) is 5.02 Å². The number of carbonyl (C=O) groups is 2. The van der Waals surface area contributed by atoms with Crippen molar-refractivity contribution in [3.8, 4) is 0 Å². The van der Waals surface area contributed by atoms with Crippen LogP contribution in [0.25, 0.3) is 0 Å². The summed E-state index contributed by atoms with van der Waals surface area (Å²) in [7, 11) is 0. The molecule has 0 spiro atoms. The van der Waals surface area contributed by atoms with Crippen LogP contribution in [-0.2, 0) is 4.79 Å². The fourth-order valence-corrected chi connectivity index (χ4v) is 1.97. The largest absolute Gasteiger partial charge is 0.481 e. The van der Waals surface area contributed by atoms with E-state index in [0.717, 1.165) is 5.56 Å². The van der Waals surface area contributed by atoms with E-state index < -0.39 is 11.4 Å². The Bertz CT molecular complexity index is 509. The summed E-state index contributed by atoms with van der Waals surface area (Å²) < 4.78 is 0. The maximum absolute atomic E-state index is 12.0. The molecule has 18 heavy (non-hydrogen) atoms. The molecular formula is C13H14ClNO3. The molecule has 4 nitrogen and oxygen atoms in total. The predicted molar refractivity (Wildman–Crippen MR) is 67.8 cm³/mol. The van der Waals surface area contributed by atoms with Crippen molar-refractivity contribution in [2.45, 2.75) is 19.8 Å². The molecule has 0 radical (unpaired) electrons. The van der Waals surface area contributed by atoms with Crippen LogP contribution in [0.5, 0.6) is 0 Å². The van der Waals surface area contributed by atoms with Crippen LogP contribution in [0.4, 0.5) is 0 Å². The Morgan fingerprint density at radius 2 is 2.11 bits per heavy atom. The lowest BCUT2D eigenvalue weighted by atomic mass is 10.1. The van der Waals surface area contributed by atoms with E-state index in [1.807, 2.05) is 6.92 Å². The molecule has 0 heterocycles. The molecule has 0 unspecified atom stereocenters. The molecule has 1 amide bonds. The minimum Gasteiger partial charge on any atom is -0.481 e. The predicted octanol–water partition coefficient (Wildman–Crippen LogP) is 2.24. The molecule has 1 aromatic rings. The van der Waals surface area contributed by atoms with Crippen LogP contribution in [0.1, 0.15) is 28.8 Å². The minimum atomic E-state index is -0.842. The van der Waals surface area contributed by atoms with E-state index in [1.165, 1.54) is 0 Å². The molecular weight excluding hydrogens is 254 g/mol. The van der Waals surface area contributed by atoms with E-state index in [2.05, 4.69) is 5.32 Å². The summed E-state index contributed by atoms with van der Waals surface area (Å²) in [4.78, 5) is 22.9. The van der Waals surface area contributed by atoms with Crippen LogP contribution < -0.4 is 5.32 Å². The lowest BCUT2D eigenvalue weighted by Crippen LogP contribution is -2.34. The van der Waals surface area contributed by atoms with Crippen LogP contribution in [0.3, 0.4) is 0 Å². The number of aryl methyl sites for hydroxylation is 1. The number of carbonyl (C=O) groups excluding carboxylic acids is 1. The maximum atomic E-state index is 12.0. The second kappa shape index (κ2) is 4.61. The van der Waals surface area contributed by atoms with Crippen molar-refractivity contribution < 1.29 is 14.7 Å². The van der Waals surface area contributed by atoms with Gasteiger partial charge >= 0.3 is 5.97 Å². The van der Waals surface area contributed by atoms with Gasteiger partial charge in [-0.15, -0.1) is 0 Å². The quantitative estimate of drug-likeness (QED) is 0.879. The van der Waals surface area contributed by atoms with E-state index >= 15 is 0 Å². The van der Waals surface area contributed by atoms with Gasteiger partial charge in [0.1, 0.15) is 0 Å². The number of carboxylic acid groups (broad SMARTS) is 1. The summed E-state index contributed by atoms with van der Waals surface area (Å²) in [6.07, 6.45) is 1.24. The first kappa shape index (κ1) is 12.9. The van der Waals surface area contributed by atoms with Gasteiger partial charge in [-0.2, -0.15) is 0 Å². The highest BCUT2D eigenvalue weighted by atomic mass is 35.5.